The van der Waals surface area contributed by atoms with Crippen LogP contribution in [0.3, 0.4) is 0 Å². The third kappa shape index (κ3) is 3.85. The molecule has 2 aromatic rings. The summed E-state index contributed by atoms with van der Waals surface area (Å²) in [6.45, 7) is 0. The topological polar surface area (TPSA) is 34.1 Å². The van der Waals surface area contributed by atoms with Crippen molar-refractivity contribution in [3.8, 4) is 0 Å². The van der Waals surface area contributed by atoms with Crippen LogP contribution in [0.25, 0.3) is 0 Å². The molecule has 0 aromatic heterocycles. The first kappa shape index (κ1) is 14.2. The molecular formula is C15H16O2S2. The summed E-state index contributed by atoms with van der Waals surface area (Å²) in [4.78, 5) is 1.70. The smallest absolute Gasteiger partial charge is 0.0498 e. The molecule has 0 aliphatic carbocycles. The average molecular weight is 292 g/mol. The Hall–Kier alpha value is -1.26. The Morgan fingerprint density at radius 1 is 0.684 bits per heavy atom. The van der Waals surface area contributed by atoms with Crippen LogP contribution in [0.5, 0.6) is 0 Å². The van der Waals surface area contributed by atoms with E-state index in [-0.39, 0.29) is 0 Å². The maximum atomic E-state index is 11.3. The number of hydrogen-bond donors (Lipinski definition) is 0. The van der Waals surface area contributed by atoms with Crippen LogP contribution in [0.2, 0.25) is 0 Å². The molecule has 100 valence electrons. The normalized spacial score (nSPS) is 14.0. The Bertz CT molecular complexity index is 546. The minimum Gasteiger partial charge on any atom is -0.255 e. The van der Waals surface area contributed by atoms with Crippen molar-refractivity contribution >= 4 is 21.6 Å². The summed E-state index contributed by atoms with van der Waals surface area (Å²) in [7, 11) is -1.85. The Kier molecular flexibility index (Phi) is 4.66. The first-order valence-corrected chi connectivity index (χ1v) is 9.02. The lowest BCUT2D eigenvalue weighted by molar-refractivity contribution is 0.686. The maximum Gasteiger partial charge on any atom is 0.0498 e. The maximum absolute atomic E-state index is 11.3. The van der Waals surface area contributed by atoms with Gasteiger partial charge < -0.3 is 0 Å². The molecule has 2 nitrogen and oxygen atoms in total. The first-order valence-electron chi connectivity index (χ1n) is 5.91. The molecule has 0 radical (unpaired) electrons. The summed E-state index contributed by atoms with van der Waals surface area (Å²) < 4.78 is 22.6. The van der Waals surface area contributed by atoms with Gasteiger partial charge in [0.25, 0.3) is 0 Å². The molecule has 0 fully saturated rings. The van der Waals surface area contributed by atoms with Crippen molar-refractivity contribution in [2.24, 2.45) is 0 Å². The van der Waals surface area contributed by atoms with E-state index in [1.165, 1.54) is 11.1 Å². The van der Waals surface area contributed by atoms with Gasteiger partial charge in [-0.15, -0.1) is 0 Å². The van der Waals surface area contributed by atoms with Gasteiger partial charge in [-0.3, -0.25) is 8.42 Å². The highest BCUT2D eigenvalue weighted by Gasteiger charge is 2.01. The lowest BCUT2D eigenvalue weighted by Gasteiger charge is -2.04. The molecule has 0 bridgehead atoms. The molecule has 0 aliphatic heterocycles. The average Bonchev–Trinajstić information content (AvgIpc) is 2.40. The Labute approximate surface area is 118 Å². The SMILES string of the molecule is CS(=O)c1ccc(Cc2ccc(S(C)=O)cc2)cc1. The van der Waals surface area contributed by atoms with Gasteiger partial charge in [-0.1, -0.05) is 24.3 Å². The van der Waals surface area contributed by atoms with Gasteiger partial charge in [0, 0.05) is 43.9 Å². The highest BCUT2D eigenvalue weighted by molar-refractivity contribution is 7.84. The molecule has 4 heteroatoms. The van der Waals surface area contributed by atoms with E-state index in [1.54, 1.807) is 12.5 Å². The fraction of sp³-hybridized carbons (Fsp3) is 0.200. The second kappa shape index (κ2) is 6.26. The molecule has 2 rings (SSSR count). The van der Waals surface area contributed by atoms with Crippen LogP contribution >= 0.6 is 0 Å². The van der Waals surface area contributed by atoms with E-state index in [4.69, 9.17) is 0 Å². The molecule has 2 aromatic carbocycles. The predicted molar refractivity (Wildman–Crippen MR) is 80.4 cm³/mol. The second-order valence-corrected chi connectivity index (χ2v) is 7.13. The van der Waals surface area contributed by atoms with Gasteiger partial charge in [0.2, 0.25) is 0 Å². The van der Waals surface area contributed by atoms with Crippen LogP contribution in [0.15, 0.2) is 58.3 Å². The Morgan fingerprint density at radius 2 is 1.00 bits per heavy atom. The molecule has 0 heterocycles. The fourth-order valence-corrected chi connectivity index (χ4v) is 2.87. The molecule has 0 saturated heterocycles. The van der Waals surface area contributed by atoms with E-state index in [9.17, 15) is 8.42 Å². The summed E-state index contributed by atoms with van der Waals surface area (Å²) in [6, 6.07) is 15.6. The van der Waals surface area contributed by atoms with E-state index in [0.717, 1.165) is 16.2 Å². The predicted octanol–water partition coefficient (Wildman–Crippen LogP) is 2.75. The highest BCUT2D eigenvalue weighted by Crippen LogP contribution is 2.14. The zero-order valence-electron chi connectivity index (χ0n) is 11.0. The lowest BCUT2D eigenvalue weighted by atomic mass is 10.1. The lowest BCUT2D eigenvalue weighted by Crippen LogP contribution is -1.92. The highest BCUT2D eigenvalue weighted by atomic mass is 32.2. The molecule has 2 unspecified atom stereocenters. The minimum absolute atomic E-state index is 0.827. The molecule has 0 spiro atoms. The largest absolute Gasteiger partial charge is 0.255 e. The summed E-state index contributed by atoms with van der Waals surface area (Å²) in [5, 5.41) is 0. The third-order valence-electron chi connectivity index (χ3n) is 2.92. The van der Waals surface area contributed by atoms with Gasteiger partial charge in [0.1, 0.15) is 0 Å². The molecular weight excluding hydrogens is 276 g/mol. The van der Waals surface area contributed by atoms with Crippen molar-refractivity contribution in [1.29, 1.82) is 0 Å². The molecule has 0 N–H and O–H groups in total. The molecule has 19 heavy (non-hydrogen) atoms. The summed E-state index contributed by atoms with van der Waals surface area (Å²) >= 11 is 0. The zero-order valence-corrected chi connectivity index (χ0v) is 12.6. The molecule has 0 saturated carbocycles. The van der Waals surface area contributed by atoms with Gasteiger partial charge in [0.05, 0.1) is 0 Å². The van der Waals surface area contributed by atoms with Crippen molar-refractivity contribution in [3.05, 3.63) is 59.7 Å². The van der Waals surface area contributed by atoms with Gasteiger partial charge in [-0.05, 0) is 41.8 Å². The standard InChI is InChI=1S/C15H16O2S2/c1-18(16)14-7-3-12(4-8-14)11-13-5-9-15(10-6-13)19(2)17/h3-10H,11H2,1-2H3. The summed E-state index contributed by atoms with van der Waals surface area (Å²) in [5.74, 6) is 0. The van der Waals surface area contributed by atoms with E-state index in [1.807, 2.05) is 48.5 Å². The number of benzene rings is 2. The van der Waals surface area contributed by atoms with Crippen LogP contribution in [0.1, 0.15) is 11.1 Å². The van der Waals surface area contributed by atoms with Gasteiger partial charge in [-0.2, -0.15) is 0 Å². The molecule has 2 atom stereocenters. The Morgan fingerprint density at radius 3 is 1.26 bits per heavy atom. The van der Waals surface area contributed by atoms with Crippen LogP contribution in [-0.2, 0) is 28.0 Å². The number of hydrogen-bond acceptors (Lipinski definition) is 2. The summed E-state index contributed by atoms with van der Waals surface area (Å²) in [5.41, 5.74) is 2.36. The third-order valence-corrected chi connectivity index (χ3v) is 4.79. The van der Waals surface area contributed by atoms with Crippen molar-refractivity contribution in [3.63, 3.8) is 0 Å². The van der Waals surface area contributed by atoms with Gasteiger partial charge in [-0.25, -0.2) is 0 Å². The van der Waals surface area contributed by atoms with Crippen molar-refractivity contribution < 1.29 is 8.42 Å². The molecule has 0 amide bonds. The van der Waals surface area contributed by atoms with Crippen LogP contribution < -0.4 is 0 Å². The fourth-order valence-electron chi connectivity index (χ4n) is 1.83. The first-order chi connectivity index (χ1) is 9.06. The van der Waals surface area contributed by atoms with Crippen molar-refractivity contribution in [1.82, 2.24) is 0 Å². The quantitative estimate of drug-likeness (QED) is 0.868. The van der Waals surface area contributed by atoms with E-state index >= 15 is 0 Å². The minimum atomic E-state index is -0.926. The Balaban J connectivity index is 2.12. The monoisotopic (exact) mass is 292 g/mol. The summed E-state index contributed by atoms with van der Waals surface area (Å²) in [6.07, 6.45) is 4.18. The van der Waals surface area contributed by atoms with Gasteiger partial charge in [0.15, 0.2) is 0 Å². The van der Waals surface area contributed by atoms with E-state index in [2.05, 4.69) is 0 Å². The van der Waals surface area contributed by atoms with Crippen LogP contribution in [0.4, 0.5) is 0 Å². The van der Waals surface area contributed by atoms with E-state index in [0.29, 0.717) is 0 Å². The second-order valence-electron chi connectivity index (χ2n) is 4.37. The van der Waals surface area contributed by atoms with Crippen LogP contribution in [-0.4, -0.2) is 20.9 Å². The van der Waals surface area contributed by atoms with Crippen molar-refractivity contribution in [2.75, 3.05) is 12.5 Å². The van der Waals surface area contributed by atoms with Crippen LogP contribution in [0, 0.1) is 0 Å². The zero-order chi connectivity index (χ0) is 13.8. The van der Waals surface area contributed by atoms with E-state index < -0.39 is 21.6 Å². The number of rotatable bonds is 4. The van der Waals surface area contributed by atoms with Crippen molar-refractivity contribution in [2.45, 2.75) is 16.2 Å². The van der Waals surface area contributed by atoms with Gasteiger partial charge >= 0.3 is 0 Å². The molecule has 0 aliphatic rings.